The maximum absolute atomic E-state index is 11.7. The van der Waals surface area contributed by atoms with Gasteiger partial charge in [-0.25, -0.2) is 0 Å². The summed E-state index contributed by atoms with van der Waals surface area (Å²) in [5.41, 5.74) is -0.927. The molecule has 21 heavy (non-hydrogen) atoms. The minimum Gasteiger partial charge on any atom is -0.460 e. The van der Waals surface area contributed by atoms with Gasteiger partial charge in [0.05, 0.1) is 13.0 Å². The second kappa shape index (κ2) is 8.11. The van der Waals surface area contributed by atoms with Gasteiger partial charge in [-0.1, -0.05) is 19.9 Å². The Morgan fingerprint density at radius 3 is 2.76 bits per heavy atom. The third-order valence-corrected chi connectivity index (χ3v) is 3.83. The number of aliphatic hydroxyl groups is 2. The fourth-order valence-corrected chi connectivity index (χ4v) is 2.06. The van der Waals surface area contributed by atoms with Gasteiger partial charge in [-0.3, -0.25) is 9.59 Å². The van der Waals surface area contributed by atoms with Gasteiger partial charge >= 0.3 is 5.97 Å². The highest BCUT2D eigenvalue weighted by Gasteiger charge is 2.32. The van der Waals surface area contributed by atoms with Gasteiger partial charge < -0.3 is 20.3 Å². The smallest absolute Gasteiger partial charge is 0.307 e. The molecular weight excluding hydrogens is 294 g/mol. The first kappa shape index (κ1) is 17.6. The van der Waals surface area contributed by atoms with Crippen LogP contribution in [0, 0.1) is 5.41 Å². The van der Waals surface area contributed by atoms with E-state index in [0.29, 0.717) is 0 Å². The molecule has 1 heterocycles. The van der Waals surface area contributed by atoms with Crippen LogP contribution in [-0.2, 0) is 20.9 Å². The van der Waals surface area contributed by atoms with Crippen LogP contribution in [0.4, 0.5) is 0 Å². The fourth-order valence-electron chi connectivity index (χ4n) is 1.44. The molecule has 0 saturated carbocycles. The zero-order valence-corrected chi connectivity index (χ0v) is 13.0. The largest absolute Gasteiger partial charge is 0.460 e. The van der Waals surface area contributed by atoms with Crippen LogP contribution in [0.3, 0.4) is 0 Å². The monoisotopic (exact) mass is 315 g/mol. The zero-order valence-electron chi connectivity index (χ0n) is 12.2. The number of hydrogen-bond acceptors (Lipinski definition) is 6. The van der Waals surface area contributed by atoms with Gasteiger partial charge in [-0.05, 0) is 11.4 Å². The molecule has 0 aliphatic heterocycles. The molecule has 7 heteroatoms. The summed E-state index contributed by atoms with van der Waals surface area (Å²) in [7, 11) is 0. The van der Waals surface area contributed by atoms with Gasteiger partial charge in [0.2, 0.25) is 5.91 Å². The second-order valence-electron chi connectivity index (χ2n) is 5.33. The highest BCUT2D eigenvalue weighted by atomic mass is 32.1. The minimum atomic E-state index is -1.33. The molecule has 1 atom stereocenters. The Balaban J connectivity index is 2.23. The van der Waals surface area contributed by atoms with Gasteiger partial charge in [0, 0.05) is 16.8 Å². The first-order valence-electron chi connectivity index (χ1n) is 6.61. The predicted octanol–water partition coefficient (Wildman–Crippen LogP) is 0.677. The summed E-state index contributed by atoms with van der Waals surface area (Å²) in [5, 5.41) is 23.2. The maximum atomic E-state index is 11.7. The molecule has 1 rings (SSSR count). The standard InChI is InChI=1S/C14H21NO5S/c1-14(2,9-16)12(18)13(19)15-6-5-11(17)20-8-10-4-3-7-21-10/h3-4,7,12,16,18H,5-6,8-9H2,1-2H3,(H,15,19)/t12-/m0/s1. The van der Waals surface area contributed by atoms with Gasteiger partial charge in [-0.2, -0.15) is 0 Å². The molecule has 0 aliphatic rings. The summed E-state index contributed by atoms with van der Waals surface area (Å²) < 4.78 is 5.03. The topological polar surface area (TPSA) is 95.9 Å². The molecule has 118 valence electrons. The van der Waals surface area contributed by atoms with Crippen LogP contribution in [0.25, 0.3) is 0 Å². The molecule has 0 aliphatic carbocycles. The Bertz CT molecular complexity index is 458. The summed E-state index contributed by atoms with van der Waals surface area (Å²) in [6.07, 6.45) is -1.30. The molecule has 3 N–H and O–H groups in total. The van der Waals surface area contributed by atoms with Crippen molar-refractivity contribution in [1.29, 1.82) is 0 Å². The van der Waals surface area contributed by atoms with Crippen LogP contribution >= 0.6 is 11.3 Å². The van der Waals surface area contributed by atoms with Crippen molar-refractivity contribution in [2.24, 2.45) is 5.41 Å². The number of nitrogens with one attached hydrogen (secondary N) is 1. The lowest BCUT2D eigenvalue weighted by atomic mass is 9.87. The van der Waals surface area contributed by atoms with E-state index in [1.54, 1.807) is 13.8 Å². The number of aliphatic hydroxyl groups excluding tert-OH is 2. The SMILES string of the molecule is CC(C)(CO)[C@@H](O)C(=O)NCCC(=O)OCc1cccs1. The number of thiophene rings is 1. The summed E-state index contributed by atoms with van der Waals surface area (Å²) in [6, 6.07) is 3.74. The molecule has 0 bridgehead atoms. The van der Waals surface area contributed by atoms with Crippen molar-refractivity contribution in [1.82, 2.24) is 5.32 Å². The molecule has 6 nitrogen and oxygen atoms in total. The van der Waals surface area contributed by atoms with Crippen molar-refractivity contribution in [3.63, 3.8) is 0 Å². The molecule has 1 amide bonds. The van der Waals surface area contributed by atoms with E-state index in [0.717, 1.165) is 4.88 Å². The summed E-state index contributed by atoms with van der Waals surface area (Å²) >= 11 is 1.50. The Hall–Kier alpha value is -1.44. The van der Waals surface area contributed by atoms with Crippen LogP contribution < -0.4 is 5.32 Å². The third-order valence-electron chi connectivity index (χ3n) is 2.98. The minimum absolute atomic E-state index is 0.0311. The molecular formula is C14H21NO5S. The number of hydrogen-bond donors (Lipinski definition) is 3. The summed E-state index contributed by atoms with van der Waals surface area (Å²) in [6.45, 7) is 3.15. The van der Waals surface area contributed by atoms with E-state index in [9.17, 15) is 14.7 Å². The average Bonchev–Trinajstić information content (AvgIpc) is 2.97. The Morgan fingerprint density at radius 1 is 1.48 bits per heavy atom. The summed E-state index contributed by atoms with van der Waals surface area (Å²) in [5.74, 6) is -1.03. The van der Waals surface area contributed by atoms with Crippen molar-refractivity contribution >= 4 is 23.2 Å². The molecule has 0 radical (unpaired) electrons. The molecule has 0 spiro atoms. The van der Waals surface area contributed by atoms with E-state index >= 15 is 0 Å². The molecule has 1 aromatic rings. The molecule has 1 aromatic heterocycles. The van der Waals surface area contributed by atoms with Crippen molar-refractivity contribution in [3.8, 4) is 0 Å². The van der Waals surface area contributed by atoms with Crippen LogP contribution in [0.5, 0.6) is 0 Å². The van der Waals surface area contributed by atoms with Crippen LogP contribution in [0.1, 0.15) is 25.1 Å². The van der Waals surface area contributed by atoms with Gasteiger partial charge in [0.25, 0.3) is 0 Å². The number of ether oxygens (including phenoxy) is 1. The third kappa shape index (κ3) is 5.82. The van der Waals surface area contributed by atoms with E-state index < -0.39 is 23.4 Å². The van der Waals surface area contributed by atoms with Crippen molar-refractivity contribution < 1.29 is 24.5 Å². The average molecular weight is 315 g/mol. The van der Waals surface area contributed by atoms with Gasteiger partial charge in [0.15, 0.2) is 0 Å². The molecule has 0 aromatic carbocycles. The highest BCUT2D eigenvalue weighted by Crippen LogP contribution is 2.19. The maximum Gasteiger partial charge on any atom is 0.307 e. The summed E-state index contributed by atoms with van der Waals surface area (Å²) in [4.78, 5) is 24.1. The lowest BCUT2D eigenvalue weighted by Crippen LogP contribution is -2.46. The van der Waals surface area contributed by atoms with Crippen molar-refractivity contribution in [3.05, 3.63) is 22.4 Å². The van der Waals surface area contributed by atoms with Crippen molar-refractivity contribution in [2.75, 3.05) is 13.2 Å². The fraction of sp³-hybridized carbons (Fsp3) is 0.571. The van der Waals surface area contributed by atoms with Gasteiger partial charge in [0.1, 0.15) is 12.7 Å². The normalized spacial score (nSPS) is 12.8. The van der Waals surface area contributed by atoms with Crippen LogP contribution in [0.2, 0.25) is 0 Å². The molecule has 0 unspecified atom stereocenters. The number of carbonyl (C=O) groups excluding carboxylic acids is 2. The lowest BCUT2D eigenvalue weighted by Gasteiger charge is -2.27. The highest BCUT2D eigenvalue weighted by molar-refractivity contribution is 7.09. The van der Waals surface area contributed by atoms with Crippen LogP contribution in [-0.4, -0.2) is 41.3 Å². The Morgan fingerprint density at radius 2 is 2.19 bits per heavy atom. The van der Waals surface area contributed by atoms with Crippen molar-refractivity contribution in [2.45, 2.75) is 33.0 Å². The van der Waals surface area contributed by atoms with E-state index in [-0.39, 0.29) is 26.2 Å². The predicted molar refractivity (Wildman–Crippen MR) is 78.6 cm³/mol. The van der Waals surface area contributed by atoms with E-state index in [2.05, 4.69) is 5.32 Å². The number of rotatable bonds is 8. The van der Waals surface area contributed by atoms with E-state index in [1.807, 2.05) is 17.5 Å². The number of esters is 1. The molecule has 0 fully saturated rings. The number of amides is 1. The first-order chi connectivity index (χ1) is 9.86. The first-order valence-corrected chi connectivity index (χ1v) is 7.49. The lowest BCUT2D eigenvalue weighted by molar-refractivity contribution is -0.145. The number of carbonyl (C=O) groups is 2. The van der Waals surface area contributed by atoms with Crippen LogP contribution in [0.15, 0.2) is 17.5 Å². The van der Waals surface area contributed by atoms with E-state index in [1.165, 1.54) is 11.3 Å². The quantitative estimate of drug-likeness (QED) is 0.613. The zero-order chi connectivity index (χ0) is 15.9. The second-order valence-corrected chi connectivity index (χ2v) is 6.36. The molecule has 0 saturated heterocycles. The Labute approximate surface area is 127 Å². The van der Waals surface area contributed by atoms with E-state index in [4.69, 9.17) is 9.84 Å². The Kier molecular flexibility index (Phi) is 6.80. The van der Waals surface area contributed by atoms with Gasteiger partial charge in [-0.15, -0.1) is 11.3 Å².